The number of hydrogen-bond donors (Lipinski definition) is 1. The molecule has 1 aromatic rings. The molecule has 1 atom stereocenters. The lowest BCUT2D eigenvalue weighted by atomic mass is 10.0. The predicted octanol–water partition coefficient (Wildman–Crippen LogP) is 4.27. The third-order valence-electron chi connectivity index (χ3n) is 3.04. The highest BCUT2D eigenvalue weighted by molar-refractivity contribution is 9.10. The van der Waals surface area contributed by atoms with Crippen LogP contribution in [0.4, 0.5) is 8.78 Å². The number of hydrogen-bond acceptors (Lipinski definition) is 2. The van der Waals surface area contributed by atoms with E-state index in [1.807, 2.05) is 6.92 Å². The lowest BCUT2D eigenvalue weighted by Gasteiger charge is -2.27. The van der Waals surface area contributed by atoms with Gasteiger partial charge in [-0.2, -0.15) is 4.39 Å². The summed E-state index contributed by atoms with van der Waals surface area (Å²) in [6.07, 6.45) is 0.716. The molecule has 0 saturated carbocycles. The van der Waals surface area contributed by atoms with Gasteiger partial charge in [0.05, 0.1) is 0 Å². The van der Waals surface area contributed by atoms with Crippen molar-refractivity contribution in [2.24, 2.45) is 0 Å². The van der Waals surface area contributed by atoms with Crippen LogP contribution in [0.2, 0.25) is 0 Å². The van der Waals surface area contributed by atoms with Crippen molar-refractivity contribution in [2.45, 2.75) is 45.8 Å². The summed E-state index contributed by atoms with van der Waals surface area (Å²) in [5.74, 6) is -1.95. The van der Waals surface area contributed by atoms with Crippen molar-refractivity contribution in [2.75, 3.05) is 6.54 Å². The molecule has 0 radical (unpaired) electrons. The summed E-state index contributed by atoms with van der Waals surface area (Å²) in [7, 11) is 0. The lowest BCUT2D eigenvalue weighted by molar-refractivity contribution is 0.189. The summed E-state index contributed by atoms with van der Waals surface area (Å²) in [5.41, 5.74) is -0.00130. The molecule has 1 unspecified atom stereocenters. The molecule has 108 valence electrons. The van der Waals surface area contributed by atoms with Crippen LogP contribution >= 0.6 is 15.9 Å². The monoisotopic (exact) mass is 335 g/mol. The lowest BCUT2D eigenvalue weighted by Crippen LogP contribution is -2.43. The smallest absolute Gasteiger partial charge is 0.200 e. The van der Waals surface area contributed by atoms with Crippen molar-refractivity contribution in [1.82, 2.24) is 5.32 Å². The molecule has 0 aliphatic heterocycles. The maximum atomic E-state index is 13.5. The topological polar surface area (TPSA) is 21.3 Å². The molecule has 0 saturated heterocycles. The van der Waals surface area contributed by atoms with E-state index in [0.29, 0.717) is 11.0 Å². The second kappa shape index (κ2) is 6.66. The molecular weight excluding hydrogens is 316 g/mol. The molecule has 0 aromatic heterocycles. The number of benzene rings is 1. The summed E-state index contributed by atoms with van der Waals surface area (Å²) < 4.78 is 32.7. The zero-order valence-electron chi connectivity index (χ0n) is 11.7. The molecule has 0 aliphatic carbocycles. The van der Waals surface area contributed by atoms with Crippen molar-refractivity contribution >= 4 is 15.9 Å². The molecule has 0 aliphatic rings. The molecular formula is C14H20BrF2NO. The number of ether oxygens (including phenoxy) is 1. The van der Waals surface area contributed by atoms with Gasteiger partial charge in [0.15, 0.2) is 11.6 Å². The maximum Gasteiger partial charge on any atom is 0.200 e. The minimum Gasteiger partial charge on any atom is -0.486 e. The van der Waals surface area contributed by atoms with Gasteiger partial charge in [-0.15, -0.1) is 0 Å². The molecule has 1 N–H and O–H groups in total. The number of rotatable bonds is 6. The summed E-state index contributed by atoms with van der Waals surface area (Å²) >= 11 is 3.12. The van der Waals surface area contributed by atoms with Crippen LogP contribution in [0.1, 0.15) is 34.1 Å². The van der Waals surface area contributed by atoms with Crippen LogP contribution in [0.25, 0.3) is 0 Å². The third-order valence-corrected chi connectivity index (χ3v) is 3.50. The predicted molar refractivity (Wildman–Crippen MR) is 76.5 cm³/mol. The van der Waals surface area contributed by atoms with Crippen LogP contribution in [0.5, 0.6) is 5.75 Å². The fourth-order valence-electron chi connectivity index (χ4n) is 1.42. The van der Waals surface area contributed by atoms with Crippen LogP contribution in [0.15, 0.2) is 16.6 Å². The second-order valence-electron chi connectivity index (χ2n) is 5.25. The highest BCUT2D eigenvalue weighted by Crippen LogP contribution is 2.26. The molecule has 5 heteroatoms. The Morgan fingerprint density at radius 2 is 2.00 bits per heavy atom. The van der Waals surface area contributed by atoms with Gasteiger partial charge >= 0.3 is 0 Å². The second-order valence-corrected chi connectivity index (χ2v) is 6.16. The molecule has 1 rings (SSSR count). The molecule has 2 nitrogen and oxygen atoms in total. The van der Waals surface area contributed by atoms with Gasteiger partial charge in [0.25, 0.3) is 0 Å². The van der Waals surface area contributed by atoms with E-state index >= 15 is 0 Å². The minimum atomic E-state index is -0.954. The van der Waals surface area contributed by atoms with Crippen molar-refractivity contribution < 1.29 is 13.5 Å². The largest absolute Gasteiger partial charge is 0.486 e. The van der Waals surface area contributed by atoms with Gasteiger partial charge in [-0.3, -0.25) is 0 Å². The number of halogens is 3. The van der Waals surface area contributed by atoms with Gasteiger partial charge in [-0.1, -0.05) is 22.9 Å². The van der Waals surface area contributed by atoms with Crippen LogP contribution in [0, 0.1) is 11.6 Å². The van der Waals surface area contributed by atoms with Crippen LogP contribution < -0.4 is 10.1 Å². The summed E-state index contributed by atoms with van der Waals surface area (Å²) in [4.78, 5) is 0. The highest BCUT2D eigenvalue weighted by Gasteiger charge is 2.18. The SMILES string of the molecule is CCC(C)(C)NCC(C)Oc1cc(Br)cc(F)c1F. The van der Waals surface area contributed by atoms with E-state index in [2.05, 4.69) is 42.0 Å². The molecule has 0 bridgehead atoms. The summed E-state index contributed by atoms with van der Waals surface area (Å²) in [5, 5.41) is 3.32. The van der Waals surface area contributed by atoms with Gasteiger partial charge in [0, 0.05) is 16.6 Å². The normalized spacial score (nSPS) is 13.4. The van der Waals surface area contributed by atoms with E-state index in [9.17, 15) is 8.78 Å². The van der Waals surface area contributed by atoms with E-state index in [0.717, 1.165) is 12.5 Å². The Morgan fingerprint density at radius 3 is 2.58 bits per heavy atom. The Hall–Kier alpha value is -0.680. The summed E-state index contributed by atoms with van der Waals surface area (Å²) in [6, 6.07) is 2.51. The first-order valence-corrected chi connectivity index (χ1v) is 7.10. The molecule has 0 spiro atoms. The standard InChI is InChI=1S/C14H20BrF2NO/c1-5-14(3,4)18-8-9(2)19-12-7-10(15)6-11(16)13(12)17/h6-7,9,18H,5,8H2,1-4H3. The molecule has 0 fully saturated rings. The molecule has 19 heavy (non-hydrogen) atoms. The Bertz CT molecular complexity index is 438. The fourth-order valence-corrected chi connectivity index (χ4v) is 1.83. The highest BCUT2D eigenvalue weighted by atomic mass is 79.9. The van der Waals surface area contributed by atoms with Gasteiger partial charge in [-0.05, 0) is 39.3 Å². The number of nitrogens with one attached hydrogen (secondary N) is 1. The Kier molecular flexibility index (Phi) is 5.74. The average Bonchev–Trinajstić information content (AvgIpc) is 2.33. The maximum absolute atomic E-state index is 13.5. The van der Waals surface area contributed by atoms with Crippen LogP contribution in [-0.2, 0) is 0 Å². The van der Waals surface area contributed by atoms with E-state index in [1.165, 1.54) is 6.07 Å². The zero-order chi connectivity index (χ0) is 14.6. The molecule has 1 aromatic carbocycles. The van der Waals surface area contributed by atoms with Crippen molar-refractivity contribution in [3.8, 4) is 5.75 Å². The first-order chi connectivity index (χ1) is 8.75. The molecule has 0 amide bonds. The van der Waals surface area contributed by atoms with Gasteiger partial charge in [0.1, 0.15) is 6.10 Å². The van der Waals surface area contributed by atoms with Gasteiger partial charge < -0.3 is 10.1 Å². The van der Waals surface area contributed by atoms with E-state index in [4.69, 9.17) is 4.74 Å². The summed E-state index contributed by atoms with van der Waals surface area (Å²) in [6.45, 7) is 8.63. The van der Waals surface area contributed by atoms with E-state index in [1.54, 1.807) is 0 Å². The zero-order valence-corrected chi connectivity index (χ0v) is 13.3. The first kappa shape index (κ1) is 16.4. The Morgan fingerprint density at radius 1 is 1.37 bits per heavy atom. The quantitative estimate of drug-likeness (QED) is 0.783. The molecule has 0 heterocycles. The average molecular weight is 336 g/mol. The van der Waals surface area contributed by atoms with Crippen molar-refractivity contribution in [3.05, 3.63) is 28.2 Å². The Balaban J connectivity index is 2.65. The van der Waals surface area contributed by atoms with Gasteiger partial charge in [-0.25, -0.2) is 4.39 Å². The van der Waals surface area contributed by atoms with Crippen LogP contribution in [-0.4, -0.2) is 18.2 Å². The van der Waals surface area contributed by atoms with E-state index in [-0.39, 0.29) is 17.4 Å². The minimum absolute atomic E-state index is 0.00130. The third kappa shape index (κ3) is 5.07. The van der Waals surface area contributed by atoms with Crippen molar-refractivity contribution in [1.29, 1.82) is 0 Å². The van der Waals surface area contributed by atoms with Crippen LogP contribution in [0.3, 0.4) is 0 Å². The van der Waals surface area contributed by atoms with Crippen molar-refractivity contribution in [3.63, 3.8) is 0 Å². The first-order valence-electron chi connectivity index (χ1n) is 6.31. The Labute approximate surface area is 121 Å². The van der Waals surface area contributed by atoms with Gasteiger partial charge in [0.2, 0.25) is 5.82 Å². The van der Waals surface area contributed by atoms with E-state index < -0.39 is 11.6 Å². The fraction of sp³-hybridized carbons (Fsp3) is 0.571.